The number of nitrogens with two attached hydrogens (primary N) is 1. The number of carbonyl (C=O) groups is 1. The van der Waals surface area contributed by atoms with E-state index in [4.69, 9.17) is 5.73 Å². The lowest BCUT2D eigenvalue weighted by atomic mass is 9.90. The van der Waals surface area contributed by atoms with Crippen molar-refractivity contribution in [3.05, 3.63) is 75.9 Å². The number of hydrogen-bond acceptors (Lipinski definition) is 4. The van der Waals surface area contributed by atoms with Crippen LogP contribution in [0, 0.1) is 0 Å². The van der Waals surface area contributed by atoms with Gasteiger partial charge in [-0.15, -0.1) is 0 Å². The third kappa shape index (κ3) is 5.25. The predicted octanol–water partition coefficient (Wildman–Crippen LogP) is 5.65. The maximum atomic E-state index is 13.3. The van der Waals surface area contributed by atoms with Crippen molar-refractivity contribution in [2.24, 2.45) is 10.7 Å². The maximum absolute atomic E-state index is 13.3. The van der Waals surface area contributed by atoms with E-state index in [9.17, 15) is 36.2 Å². The number of nitrogens with zero attached hydrogens (tertiary/aromatic N) is 1. The van der Waals surface area contributed by atoms with Crippen LogP contribution in [0.3, 0.4) is 0 Å². The lowest BCUT2D eigenvalue weighted by Crippen LogP contribution is -2.50. The fraction of sp³-hybridized carbons (Fsp3) is 0.360. The van der Waals surface area contributed by atoms with Crippen molar-refractivity contribution >= 4 is 17.4 Å². The minimum absolute atomic E-state index is 0.0406. The fourth-order valence-electron chi connectivity index (χ4n) is 4.48. The van der Waals surface area contributed by atoms with Crippen LogP contribution in [0.1, 0.15) is 58.3 Å². The number of benzene rings is 2. The number of ketones is 1. The molecule has 2 aromatic rings. The molecule has 0 bridgehead atoms. The molecule has 4 rings (SSSR count). The van der Waals surface area contributed by atoms with Crippen molar-refractivity contribution in [3.63, 3.8) is 0 Å². The number of aliphatic hydroxyl groups is 1. The molecule has 11 heteroatoms. The molecule has 1 fully saturated rings. The largest absolute Gasteiger partial charge is 0.506 e. The number of fused-ring (bicyclic) bond motifs is 1. The molecule has 4 N–H and O–H groups in total. The lowest BCUT2D eigenvalue weighted by Gasteiger charge is -2.30. The van der Waals surface area contributed by atoms with Crippen LogP contribution in [0.25, 0.3) is 5.76 Å². The first-order valence-corrected chi connectivity index (χ1v) is 11.3. The molecule has 2 aliphatic carbocycles. The van der Waals surface area contributed by atoms with Gasteiger partial charge < -0.3 is 16.2 Å². The summed E-state index contributed by atoms with van der Waals surface area (Å²) in [5.41, 5.74) is 3.20. The van der Waals surface area contributed by atoms with Gasteiger partial charge in [0.1, 0.15) is 17.2 Å². The Morgan fingerprint density at radius 2 is 1.56 bits per heavy atom. The number of aliphatic hydroxyl groups excluding tert-OH is 1. The van der Waals surface area contributed by atoms with Gasteiger partial charge in [-0.2, -0.15) is 26.3 Å². The molecule has 0 radical (unpaired) electrons. The zero-order valence-electron chi connectivity index (χ0n) is 18.9. The summed E-state index contributed by atoms with van der Waals surface area (Å²) in [5, 5.41) is 13.8. The molecule has 36 heavy (non-hydrogen) atoms. The SMILES string of the molecule is NC1CCCCC1NC(=NCc1cc(C(F)(F)F)cc(C(F)(F)F)c1)C1=C(O)c2ccccc2C1=O. The number of Topliss-reactive ketones (excluding diaryl/α,β-unsaturated/α-hetero) is 1. The second-order valence-electron chi connectivity index (χ2n) is 8.88. The summed E-state index contributed by atoms with van der Waals surface area (Å²) in [6, 6.07) is 6.82. The summed E-state index contributed by atoms with van der Waals surface area (Å²) in [6.07, 6.45) is -6.96. The van der Waals surface area contributed by atoms with E-state index in [-0.39, 0.29) is 52.0 Å². The van der Waals surface area contributed by atoms with Crippen LogP contribution in [-0.2, 0) is 18.9 Å². The quantitative estimate of drug-likeness (QED) is 0.281. The van der Waals surface area contributed by atoms with Crippen LogP contribution < -0.4 is 11.1 Å². The fourth-order valence-corrected chi connectivity index (χ4v) is 4.48. The molecule has 5 nitrogen and oxygen atoms in total. The summed E-state index contributed by atoms with van der Waals surface area (Å²) in [5.74, 6) is -1.05. The van der Waals surface area contributed by atoms with E-state index in [2.05, 4.69) is 10.3 Å². The van der Waals surface area contributed by atoms with Crippen LogP contribution in [0.4, 0.5) is 26.3 Å². The van der Waals surface area contributed by atoms with Crippen molar-refractivity contribution in [1.29, 1.82) is 0 Å². The summed E-state index contributed by atoms with van der Waals surface area (Å²) in [7, 11) is 0. The molecule has 0 spiro atoms. The lowest BCUT2D eigenvalue weighted by molar-refractivity contribution is -0.143. The minimum atomic E-state index is -5.00. The Labute approximate surface area is 202 Å². The van der Waals surface area contributed by atoms with E-state index in [0.29, 0.717) is 25.0 Å². The molecular weight excluding hydrogens is 488 g/mol. The van der Waals surface area contributed by atoms with E-state index < -0.39 is 35.8 Å². The predicted molar refractivity (Wildman–Crippen MR) is 121 cm³/mol. The van der Waals surface area contributed by atoms with Gasteiger partial charge in [-0.25, -0.2) is 0 Å². The first kappa shape index (κ1) is 25.7. The van der Waals surface area contributed by atoms with Crippen LogP contribution in [0.15, 0.2) is 53.0 Å². The molecule has 192 valence electrons. The second-order valence-corrected chi connectivity index (χ2v) is 8.88. The summed E-state index contributed by atoms with van der Waals surface area (Å²) >= 11 is 0. The third-order valence-electron chi connectivity index (χ3n) is 6.34. The highest BCUT2D eigenvalue weighted by Crippen LogP contribution is 2.37. The van der Waals surface area contributed by atoms with Crippen LogP contribution in [0.2, 0.25) is 0 Å². The van der Waals surface area contributed by atoms with Gasteiger partial charge in [-0.3, -0.25) is 9.79 Å². The Balaban J connectivity index is 1.76. The minimum Gasteiger partial charge on any atom is -0.506 e. The first-order valence-electron chi connectivity index (χ1n) is 11.3. The van der Waals surface area contributed by atoms with E-state index in [1.165, 1.54) is 12.1 Å². The van der Waals surface area contributed by atoms with E-state index in [0.717, 1.165) is 12.8 Å². The number of carbonyl (C=O) groups excluding carboxylic acids is 1. The first-order chi connectivity index (χ1) is 16.9. The van der Waals surface area contributed by atoms with Gasteiger partial charge in [0, 0.05) is 23.2 Å². The van der Waals surface area contributed by atoms with Crippen molar-refractivity contribution in [1.82, 2.24) is 5.32 Å². The van der Waals surface area contributed by atoms with Gasteiger partial charge >= 0.3 is 12.4 Å². The maximum Gasteiger partial charge on any atom is 0.416 e. The molecule has 2 unspecified atom stereocenters. The Hall–Kier alpha value is -3.34. The van der Waals surface area contributed by atoms with E-state index >= 15 is 0 Å². The molecule has 2 aromatic carbocycles. The van der Waals surface area contributed by atoms with E-state index in [1.807, 2.05) is 0 Å². The van der Waals surface area contributed by atoms with Gasteiger partial charge in [-0.1, -0.05) is 37.1 Å². The monoisotopic (exact) mass is 511 g/mol. The second kappa shape index (κ2) is 9.61. The van der Waals surface area contributed by atoms with Crippen molar-refractivity contribution in [2.75, 3.05) is 0 Å². The molecule has 2 aliphatic rings. The highest BCUT2D eigenvalue weighted by Gasteiger charge is 2.37. The van der Waals surface area contributed by atoms with Gasteiger partial charge in [0.15, 0.2) is 0 Å². The van der Waals surface area contributed by atoms with Gasteiger partial charge in [0.2, 0.25) is 5.78 Å². The molecule has 1 saturated carbocycles. The standard InChI is InChI=1S/C25H23F6N3O2/c26-24(27,28)14-9-13(10-15(11-14)25(29,30)31)12-33-23(34-19-8-4-3-7-18(19)32)20-21(35)16-5-1-2-6-17(16)22(20)36/h1-2,5-6,9-11,18-19,35H,3-4,7-8,12,32H2,(H,33,34). The average Bonchev–Trinajstić information content (AvgIpc) is 3.07. The Kier molecular flexibility index (Phi) is 6.87. The molecule has 0 amide bonds. The molecule has 0 aliphatic heterocycles. The highest BCUT2D eigenvalue weighted by molar-refractivity contribution is 6.35. The normalized spacial score (nSPS) is 21.1. The summed E-state index contributed by atoms with van der Waals surface area (Å²) < 4.78 is 79.6. The number of rotatable bonds is 4. The summed E-state index contributed by atoms with van der Waals surface area (Å²) in [6.45, 7) is -0.600. The van der Waals surface area contributed by atoms with Gasteiger partial charge in [0.25, 0.3) is 0 Å². The Bertz CT molecular complexity index is 1200. The number of aliphatic imine (C=N–C) groups is 1. The van der Waals surface area contributed by atoms with Crippen LogP contribution >= 0.6 is 0 Å². The molecular formula is C25H23F6N3O2. The van der Waals surface area contributed by atoms with Crippen molar-refractivity contribution < 1.29 is 36.2 Å². The van der Waals surface area contributed by atoms with E-state index in [1.54, 1.807) is 12.1 Å². The summed E-state index contributed by atoms with van der Waals surface area (Å²) in [4.78, 5) is 17.3. The molecule has 2 atom stereocenters. The van der Waals surface area contributed by atoms with Gasteiger partial charge in [0.05, 0.1) is 17.7 Å². The highest BCUT2D eigenvalue weighted by atomic mass is 19.4. The number of alkyl halides is 6. The third-order valence-corrected chi connectivity index (χ3v) is 6.34. The molecule has 0 saturated heterocycles. The van der Waals surface area contributed by atoms with Crippen LogP contribution in [0.5, 0.6) is 0 Å². The number of amidine groups is 1. The molecule has 0 heterocycles. The van der Waals surface area contributed by atoms with Crippen LogP contribution in [-0.4, -0.2) is 28.8 Å². The Morgan fingerprint density at radius 1 is 0.972 bits per heavy atom. The number of nitrogens with one attached hydrogen (secondary N) is 1. The average molecular weight is 511 g/mol. The zero-order chi connectivity index (χ0) is 26.3. The Morgan fingerprint density at radius 3 is 2.11 bits per heavy atom. The number of halogens is 6. The van der Waals surface area contributed by atoms with Gasteiger partial charge in [-0.05, 0) is 36.6 Å². The van der Waals surface area contributed by atoms with Crippen molar-refractivity contribution in [2.45, 2.75) is 56.7 Å². The smallest absolute Gasteiger partial charge is 0.416 e. The topological polar surface area (TPSA) is 87.7 Å². The zero-order valence-corrected chi connectivity index (χ0v) is 18.9. The number of hydrogen-bond donors (Lipinski definition) is 3. The molecule has 0 aromatic heterocycles. The van der Waals surface area contributed by atoms with Crippen molar-refractivity contribution in [3.8, 4) is 0 Å².